The van der Waals surface area contributed by atoms with Crippen molar-refractivity contribution in [2.75, 3.05) is 13.1 Å². The topological polar surface area (TPSA) is 20.3 Å². The van der Waals surface area contributed by atoms with Gasteiger partial charge in [-0.3, -0.25) is 4.79 Å². The van der Waals surface area contributed by atoms with Gasteiger partial charge in [-0.15, -0.1) is 0 Å². The van der Waals surface area contributed by atoms with E-state index in [4.69, 9.17) is 23.2 Å². The molecule has 1 aliphatic rings. The number of nitrogens with zero attached hydrogens (tertiary/aromatic N) is 1. The first-order valence-electron chi connectivity index (χ1n) is 6.19. The number of rotatable bonds is 2. The molecule has 0 aliphatic carbocycles. The monoisotopic (exact) mass is 301 g/mol. The molecule has 0 aromatic heterocycles. The number of amides is 1. The van der Waals surface area contributed by atoms with Crippen molar-refractivity contribution in [1.82, 2.24) is 4.90 Å². The van der Waals surface area contributed by atoms with E-state index in [1.165, 1.54) is 6.07 Å². The van der Waals surface area contributed by atoms with Crippen LogP contribution in [0.1, 0.15) is 24.8 Å². The van der Waals surface area contributed by atoms with Crippen molar-refractivity contribution in [3.05, 3.63) is 39.6 Å². The van der Waals surface area contributed by atoms with Crippen LogP contribution in [0.5, 0.6) is 0 Å². The first-order chi connectivity index (χ1) is 9.08. The molecule has 1 fully saturated rings. The molecule has 19 heavy (non-hydrogen) atoms. The van der Waals surface area contributed by atoms with Gasteiger partial charge in [-0.25, -0.2) is 4.39 Å². The van der Waals surface area contributed by atoms with Crippen molar-refractivity contribution < 1.29 is 9.18 Å². The van der Waals surface area contributed by atoms with E-state index >= 15 is 0 Å². The number of benzene rings is 1. The summed E-state index contributed by atoms with van der Waals surface area (Å²) in [5.74, 6) is -1.35. The second-order valence-corrected chi connectivity index (χ2v) is 5.35. The van der Waals surface area contributed by atoms with E-state index in [1.807, 2.05) is 0 Å². The Labute approximate surface area is 121 Å². The Morgan fingerprint density at radius 2 is 1.89 bits per heavy atom. The van der Waals surface area contributed by atoms with E-state index in [0.717, 1.165) is 25.3 Å². The van der Waals surface area contributed by atoms with Gasteiger partial charge < -0.3 is 4.90 Å². The molecule has 0 spiro atoms. The fourth-order valence-electron chi connectivity index (χ4n) is 2.06. The molecule has 0 unspecified atom stereocenters. The van der Waals surface area contributed by atoms with E-state index in [2.05, 4.69) is 0 Å². The van der Waals surface area contributed by atoms with Gasteiger partial charge in [0.2, 0.25) is 0 Å². The molecule has 2 rings (SSSR count). The summed E-state index contributed by atoms with van der Waals surface area (Å²) in [5.41, 5.74) is 0.453. The lowest BCUT2D eigenvalue weighted by molar-refractivity contribution is -0.129. The highest BCUT2D eigenvalue weighted by molar-refractivity contribution is 6.35. The molecule has 0 radical (unpaired) electrons. The zero-order valence-electron chi connectivity index (χ0n) is 10.3. The smallest absolute Gasteiger partial charge is 0.282 e. The molecule has 0 atom stereocenters. The first-order valence-corrected chi connectivity index (χ1v) is 6.95. The molecule has 1 heterocycles. The summed E-state index contributed by atoms with van der Waals surface area (Å²) < 4.78 is 13.9. The summed E-state index contributed by atoms with van der Waals surface area (Å²) in [6, 6.07) is 4.72. The molecule has 1 saturated heterocycles. The summed E-state index contributed by atoms with van der Waals surface area (Å²) >= 11 is 11.7. The maximum atomic E-state index is 13.9. The molecule has 102 valence electrons. The number of halogens is 3. The molecule has 0 bridgehead atoms. The number of hydrogen-bond acceptors (Lipinski definition) is 1. The van der Waals surface area contributed by atoms with Gasteiger partial charge in [0, 0.05) is 23.1 Å². The summed E-state index contributed by atoms with van der Waals surface area (Å²) in [6.07, 6.45) is 4.12. The average molecular weight is 302 g/mol. The van der Waals surface area contributed by atoms with Crippen LogP contribution in [0.25, 0.3) is 6.08 Å². The third kappa shape index (κ3) is 3.71. The van der Waals surface area contributed by atoms with Crippen molar-refractivity contribution in [2.45, 2.75) is 19.3 Å². The Morgan fingerprint density at radius 3 is 2.53 bits per heavy atom. The van der Waals surface area contributed by atoms with Crippen molar-refractivity contribution in [1.29, 1.82) is 0 Å². The van der Waals surface area contributed by atoms with E-state index < -0.39 is 11.7 Å². The Bertz CT molecular complexity index is 510. The highest BCUT2D eigenvalue weighted by atomic mass is 35.5. The highest BCUT2D eigenvalue weighted by Gasteiger charge is 2.20. The quantitative estimate of drug-likeness (QED) is 0.745. The molecule has 2 nitrogen and oxygen atoms in total. The maximum Gasteiger partial charge on any atom is 0.282 e. The SMILES string of the molecule is O=C(/C(F)=C\c1ccc(Cl)cc1Cl)N1CCCCC1. The summed E-state index contributed by atoms with van der Waals surface area (Å²) in [6.45, 7) is 1.24. The number of carbonyl (C=O) groups excluding carboxylic acids is 1. The zero-order chi connectivity index (χ0) is 13.8. The molecule has 0 saturated carbocycles. The van der Waals surface area contributed by atoms with Crippen molar-refractivity contribution in [3.63, 3.8) is 0 Å². The third-order valence-corrected chi connectivity index (χ3v) is 3.65. The zero-order valence-corrected chi connectivity index (χ0v) is 11.8. The second kappa shape index (κ2) is 6.40. The Morgan fingerprint density at radius 1 is 1.21 bits per heavy atom. The molecular weight excluding hydrogens is 288 g/mol. The molecule has 1 aromatic carbocycles. The van der Waals surface area contributed by atoms with Gasteiger partial charge in [0.1, 0.15) is 0 Å². The minimum atomic E-state index is -0.786. The molecule has 0 N–H and O–H groups in total. The molecular formula is C14H14Cl2FNO. The Balaban J connectivity index is 2.15. The van der Waals surface area contributed by atoms with Gasteiger partial charge in [-0.1, -0.05) is 29.3 Å². The predicted molar refractivity (Wildman–Crippen MR) is 76.0 cm³/mol. The van der Waals surface area contributed by atoms with Crippen LogP contribution >= 0.6 is 23.2 Å². The van der Waals surface area contributed by atoms with Gasteiger partial charge in [-0.05, 0) is 43.0 Å². The Hall–Kier alpha value is -1.06. The van der Waals surface area contributed by atoms with E-state index in [9.17, 15) is 9.18 Å². The van der Waals surface area contributed by atoms with Crippen molar-refractivity contribution >= 4 is 35.2 Å². The van der Waals surface area contributed by atoms with Crippen LogP contribution in [-0.4, -0.2) is 23.9 Å². The van der Waals surface area contributed by atoms with E-state index in [1.54, 1.807) is 17.0 Å². The number of likely N-dealkylation sites (tertiary alicyclic amines) is 1. The minimum absolute atomic E-state index is 0.328. The van der Waals surface area contributed by atoms with Gasteiger partial charge in [-0.2, -0.15) is 0 Å². The van der Waals surface area contributed by atoms with Crippen molar-refractivity contribution in [2.24, 2.45) is 0 Å². The number of hydrogen-bond donors (Lipinski definition) is 0. The molecule has 1 aromatic rings. The van der Waals surface area contributed by atoms with Crippen LogP contribution in [0.4, 0.5) is 4.39 Å². The Kier molecular flexibility index (Phi) is 4.83. The largest absolute Gasteiger partial charge is 0.337 e. The third-order valence-electron chi connectivity index (χ3n) is 3.09. The van der Waals surface area contributed by atoms with Crippen LogP contribution in [-0.2, 0) is 4.79 Å². The first kappa shape index (κ1) is 14.4. The van der Waals surface area contributed by atoms with Crippen LogP contribution in [0.15, 0.2) is 24.0 Å². The average Bonchev–Trinajstić information content (AvgIpc) is 2.42. The van der Waals surface area contributed by atoms with E-state index in [-0.39, 0.29) is 0 Å². The lowest BCUT2D eigenvalue weighted by atomic mass is 10.1. The highest BCUT2D eigenvalue weighted by Crippen LogP contribution is 2.24. The van der Waals surface area contributed by atoms with Crippen LogP contribution in [0.2, 0.25) is 10.0 Å². The van der Waals surface area contributed by atoms with E-state index in [0.29, 0.717) is 28.7 Å². The van der Waals surface area contributed by atoms with Gasteiger partial charge in [0.15, 0.2) is 5.83 Å². The standard InChI is InChI=1S/C14H14Cl2FNO/c15-11-5-4-10(12(16)9-11)8-13(17)14(19)18-6-2-1-3-7-18/h4-5,8-9H,1-3,6-7H2/b13-8+. The minimum Gasteiger partial charge on any atom is -0.337 e. The fraction of sp³-hybridized carbons (Fsp3) is 0.357. The second-order valence-electron chi connectivity index (χ2n) is 4.51. The lowest BCUT2D eigenvalue weighted by Crippen LogP contribution is -2.35. The maximum absolute atomic E-state index is 13.9. The summed E-state index contributed by atoms with van der Waals surface area (Å²) in [4.78, 5) is 13.4. The summed E-state index contributed by atoms with van der Waals surface area (Å²) in [7, 11) is 0. The molecule has 1 aliphatic heterocycles. The molecule has 1 amide bonds. The van der Waals surface area contributed by atoms with Crippen LogP contribution < -0.4 is 0 Å². The van der Waals surface area contributed by atoms with Gasteiger partial charge in [0.05, 0.1) is 0 Å². The lowest BCUT2D eigenvalue weighted by Gasteiger charge is -2.25. The predicted octanol–water partition coefficient (Wildman–Crippen LogP) is 4.32. The number of piperidine rings is 1. The van der Waals surface area contributed by atoms with Crippen molar-refractivity contribution in [3.8, 4) is 0 Å². The fourth-order valence-corrected chi connectivity index (χ4v) is 2.53. The summed E-state index contributed by atoms with van der Waals surface area (Å²) in [5, 5.41) is 0.805. The van der Waals surface area contributed by atoms with Crippen LogP contribution in [0.3, 0.4) is 0 Å². The van der Waals surface area contributed by atoms with Gasteiger partial charge in [0.25, 0.3) is 5.91 Å². The number of carbonyl (C=O) groups is 1. The molecule has 5 heteroatoms. The normalized spacial score (nSPS) is 16.6. The van der Waals surface area contributed by atoms with Gasteiger partial charge >= 0.3 is 0 Å². The van der Waals surface area contributed by atoms with Crippen LogP contribution in [0, 0.1) is 0 Å².